The Morgan fingerprint density at radius 2 is 1.89 bits per heavy atom. The molecular weight excluding hydrogens is 462 g/mol. The van der Waals surface area contributed by atoms with Crippen molar-refractivity contribution in [3.63, 3.8) is 0 Å². The van der Waals surface area contributed by atoms with Crippen molar-refractivity contribution >= 4 is 11.6 Å². The van der Waals surface area contributed by atoms with Crippen LogP contribution in [0.15, 0.2) is 85.3 Å². The lowest BCUT2D eigenvalue weighted by Crippen LogP contribution is -2.45. The summed E-state index contributed by atoms with van der Waals surface area (Å²) in [5.74, 6) is -0.306. The van der Waals surface area contributed by atoms with E-state index < -0.39 is 0 Å². The molecule has 7 nitrogen and oxygen atoms in total. The van der Waals surface area contributed by atoms with Crippen molar-refractivity contribution in [2.75, 3.05) is 26.7 Å². The van der Waals surface area contributed by atoms with Crippen LogP contribution in [0, 0.1) is 0 Å². The van der Waals surface area contributed by atoms with Crippen LogP contribution in [0.25, 0.3) is 5.65 Å². The molecule has 0 spiro atoms. The molecule has 1 aliphatic rings. The van der Waals surface area contributed by atoms with E-state index in [0.717, 1.165) is 50.2 Å². The number of hydrogen-bond acceptors (Lipinski definition) is 6. The molecule has 0 amide bonds. The van der Waals surface area contributed by atoms with E-state index >= 15 is 0 Å². The molecule has 5 rings (SSSR count). The van der Waals surface area contributed by atoms with Gasteiger partial charge in [0.25, 0.3) is 0 Å². The number of pyridine rings is 1. The maximum absolute atomic E-state index is 11.9. The Morgan fingerprint density at radius 3 is 2.70 bits per heavy atom. The van der Waals surface area contributed by atoms with E-state index in [1.54, 1.807) is 6.07 Å². The first-order chi connectivity index (χ1) is 18.2. The molecule has 2 aromatic heterocycles. The van der Waals surface area contributed by atoms with E-state index in [2.05, 4.69) is 73.6 Å². The Bertz CT molecular complexity index is 1300. The second kappa shape index (κ2) is 12.1. The molecule has 1 unspecified atom stereocenters. The smallest absolute Gasteiger partial charge is 0.337 e. The first-order valence-corrected chi connectivity index (χ1v) is 13.0. The zero-order valence-electron chi connectivity index (χ0n) is 21.3. The zero-order chi connectivity index (χ0) is 25.5. The lowest BCUT2D eigenvalue weighted by Gasteiger charge is -2.35. The number of carbonyl (C=O) groups excluding carboxylic acids is 1. The summed E-state index contributed by atoms with van der Waals surface area (Å²) in [6.45, 7) is 4.62. The number of imidazole rings is 1. The third kappa shape index (κ3) is 6.63. The summed E-state index contributed by atoms with van der Waals surface area (Å²) in [6.07, 6.45) is 8.27. The molecule has 2 N–H and O–H groups in total. The number of hydrogen-bond donors (Lipinski definition) is 2. The van der Waals surface area contributed by atoms with Crippen molar-refractivity contribution < 1.29 is 9.53 Å². The Morgan fingerprint density at radius 1 is 1.05 bits per heavy atom. The van der Waals surface area contributed by atoms with Gasteiger partial charge in [0, 0.05) is 50.3 Å². The summed E-state index contributed by atoms with van der Waals surface area (Å²) in [7, 11) is 1.41. The number of nitrogens with zero attached hydrogens (tertiary/aromatic N) is 3. The number of aromatic nitrogens is 2. The number of esters is 1. The monoisotopic (exact) mass is 497 g/mol. The van der Waals surface area contributed by atoms with E-state index in [1.165, 1.54) is 18.2 Å². The van der Waals surface area contributed by atoms with Crippen LogP contribution in [-0.2, 0) is 17.8 Å². The maximum Gasteiger partial charge on any atom is 0.337 e. The maximum atomic E-state index is 11.9. The lowest BCUT2D eigenvalue weighted by molar-refractivity contribution is 0.0600. The van der Waals surface area contributed by atoms with E-state index in [-0.39, 0.29) is 12.0 Å². The van der Waals surface area contributed by atoms with Crippen LogP contribution < -0.4 is 10.6 Å². The molecule has 4 aromatic rings. The molecule has 37 heavy (non-hydrogen) atoms. The summed E-state index contributed by atoms with van der Waals surface area (Å²) in [5, 5.41) is 7.52. The SMILES string of the molecule is COC(=O)c1cccc(CNCC(NC2CCN(Cc3ccc4nccn4c3)CC2)c2ccccc2)c1. The molecule has 1 atom stereocenters. The van der Waals surface area contributed by atoms with Gasteiger partial charge in [-0.1, -0.05) is 48.5 Å². The molecule has 3 heterocycles. The number of rotatable bonds is 10. The number of carbonyl (C=O) groups is 1. The van der Waals surface area contributed by atoms with Gasteiger partial charge in [0.2, 0.25) is 0 Å². The summed E-state index contributed by atoms with van der Waals surface area (Å²) >= 11 is 0. The highest BCUT2D eigenvalue weighted by atomic mass is 16.5. The highest BCUT2D eigenvalue weighted by Crippen LogP contribution is 2.19. The number of likely N-dealkylation sites (tertiary alicyclic amines) is 1. The van der Waals surface area contributed by atoms with Gasteiger partial charge in [-0.2, -0.15) is 0 Å². The summed E-state index contributed by atoms with van der Waals surface area (Å²) in [4.78, 5) is 18.7. The van der Waals surface area contributed by atoms with Gasteiger partial charge in [-0.3, -0.25) is 4.90 Å². The topological polar surface area (TPSA) is 70.9 Å². The second-order valence-electron chi connectivity index (χ2n) is 9.73. The highest BCUT2D eigenvalue weighted by molar-refractivity contribution is 5.89. The van der Waals surface area contributed by atoms with Crippen LogP contribution in [0.2, 0.25) is 0 Å². The largest absolute Gasteiger partial charge is 0.465 e. The van der Waals surface area contributed by atoms with Crippen LogP contribution in [0.1, 0.15) is 45.9 Å². The second-order valence-corrected chi connectivity index (χ2v) is 9.73. The Kier molecular flexibility index (Phi) is 8.25. The molecule has 1 fully saturated rings. The first-order valence-electron chi connectivity index (χ1n) is 13.0. The van der Waals surface area contributed by atoms with Crippen LogP contribution in [0.3, 0.4) is 0 Å². The number of benzene rings is 2. The third-order valence-electron chi connectivity index (χ3n) is 7.11. The fourth-order valence-electron chi connectivity index (χ4n) is 5.11. The molecule has 2 aromatic carbocycles. The third-order valence-corrected chi connectivity index (χ3v) is 7.11. The van der Waals surface area contributed by atoms with Crippen molar-refractivity contribution in [2.45, 2.75) is 38.0 Å². The number of fused-ring (bicyclic) bond motifs is 1. The first kappa shape index (κ1) is 25.1. The molecule has 192 valence electrons. The molecule has 0 bridgehead atoms. The van der Waals surface area contributed by atoms with Crippen molar-refractivity contribution in [3.8, 4) is 0 Å². The van der Waals surface area contributed by atoms with Crippen LogP contribution >= 0.6 is 0 Å². The van der Waals surface area contributed by atoms with Crippen molar-refractivity contribution in [3.05, 3.63) is 108 Å². The number of methoxy groups -OCH3 is 1. The average Bonchev–Trinajstić information content (AvgIpc) is 3.42. The number of ether oxygens (including phenoxy) is 1. The van der Waals surface area contributed by atoms with Gasteiger partial charge in [-0.25, -0.2) is 9.78 Å². The summed E-state index contributed by atoms with van der Waals surface area (Å²) < 4.78 is 6.94. The number of piperidine rings is 1. The predicted molar refractivity (Wildman–Crippen MR) is 145 cm³/mol. The van der Waals surface area contributed by atoms with Gasteiger partial charge in [0.1, 0.15) is 5.65 Å². The Hall–Kier alpha value is -3.52. The van der Waals surface area contributed by atoms with Gasteiger partial charge in [-0.05, 0) is 60.8 Å². The van der Waals surface area contributed by atoms with Gasteiger partial charge in [0.15, 0.2) is 0 Å². The standard InChI is InChI=1S/C30H35N5O2/c1-37-30(36)26-9-5-6-23(18-26)19-31-20-28(25-7-3-2-4-8-25)33-27-12-15-34(16-13-27)21-24-10-11-29-32-14-17-35(29)22-24/h2-11,14,17-18,22,27-28,31,33H,12-13,15-16,19-21H2,1H3. The fourth-order valence-corrected chi connectivity index (χ4v) is 5.11. The van der Waals surface area contributed by atoms with E-state index in [1.807, 2.05) is 30.6 Å². The minimum Gasteiger partial charge on any atom is -0.465 e. The van der Waals surface area contributed by atoms with Crippen LogP contribution in [0.5, 0.6) is 0 Å². The van der Waals surface area contributed by atoms with Crippen LogP contribution in [-0.4, -0.2) is 53.0 Å². The molecule has 1 saturated heterocycles. The zero-order valence-corrected chi connectivity index (χ0v) is 21.3. The molecule has 7 heteroatoms. The predicted octanol–water partition coefficient (Wildman–Crippen LogP) is 4.21. The van der Waals surface area contributed by atoms with Gasteiger partial charge in [-0.15, -0.1) is 0 Å². The molecule has 0 radical (unpaired) electrons. The van der Waals surface area contributed by atoms with E-state index in [0.29, 0.717) is 18.2 Å². The average molecular weight is 498 g/mol. The van der Waals surface area contributed by atoms with Crippen molar-refractivity contribution in [1.82, 2.24) is 24.9 Å². The molecule has 0 saturated carbocycles. The fraction of sp³-hybridized carbons (Fsp3) is 0.333. The van der Waals surface area contributed by atoms with E-state index in [9.17, 15) is 4.79 Å². The van der Waals surface area contributed by atoms with Gasteiger partial charge >= 0.3 is 5.97 Å². The van der Waals surface area contributed by atoms with Crippen molar-refractivity contribution in [1.29, 1.82) is 0 Å². The minimum atomic E-state index is -0.306. The molecular formula is C30H35N5O2. The molecule has 0 aliphatic carbocycles. The summed E-state index contributed by atoms with van der Waals surface area (Å²) in [6, 6.07) is 23.2. The highest BCUT2D eigenvalue weighted by Gasteiger charge is 2.22. The Balaban J connectivity index is 1.15. The Labute approximate surface area is 218 Å². The van der Waals surface area contributed by atoms with Crippen LogP contribution in [0.4, 0.5) is 0 Å². The minimum absolute atomic E-state index is 0.213. The van der Waals surface area contributed by atoms with Gasteiger partial charge in [0.05, 0.1) is 12.7 Å². The van der Waals surface area contributed by atoms with Crippen molar-refractivity contribution in [2.24, 2.45) is 0 Å². The van der Waals surface area contributed by atoms with E-state index in [4.69, 9.17) is 4.74 Å². The summed E-state index contributed by atoms with van der Waals surface area (Å²) in [5.41, 5.74) is 5.24. The lowest BCUT2D eigenvalue weighted by atomic mass is 10.00. The normalized spacial score (nSPS) is 15.6. The quantitative estimate of drug-likeness (QED) is 0.320. The van der Waals surface area contributed by atoms with Gasteiger partial charge < -0.3 is 19.8 Å². The molecule has 1 aliphatic heterocycles. The number of nitrogens with one attached hydrogen (secondary N) is 2.